The Morgan fingerprint density at radius 2 is 2.00 bits per heavy atom. The van der Waals surface area contributed by atoms with Gasteiger partial charge in [-0.2, -0.15) is 0 Å². The zero-order valence-electron chi connectivity index (χ0n) is 13.1. The van der Waals surface area contributed by atoms with Gasteiger partial charge in [0.15, 0.2) is 11.5 Å². The Kier molecular flexibility index (Phi) is 3.48. The predicted molar refractivity (Wildman–Crippen MR) is 83.9 cm³/mol. The zero-order chi connectivity index (χ0) is 15.8. The number of benzene rings is 1. The molecule has 2 aromatic rings. The van der Waals surface area contributed by atoms with Gasteiger partial charge in [0.2, 0.25) is 0 Å². The summed E-state index contributed by atoms with van der Waals surface area (Å²) in [6, 6.07) is 7.80. The molecule has 1 atom stereocenters. The maximum absolute atomic E-state index is 12.8. The van der Waals surface area contributed by atoms with Gasteiger partial charge in [0, 0.05) is 6.54 Å². The van der Waals surface area contributed by atoms with Gasteiger partial charge in [-0.25, -0.2) is 0 Å². The van der Waals surface area contributed by atoms with Crippen molar-refractivity contribution in [2.75, 3.05) is 19.8 Å². The van der Waals surface area contributed by atoms with Crippen molar-refractivity contribution in [1.82, 2.24) is 4.90 Å². The van der Waals surface area contributed by atoms with E-state index in [2.05, 4.69) is 0 Å². The minimum absolute atomic E-state index is 0.0358. The first-order valence-corrected chi connectivity index (χ1v) is 7.98. The third-order valence-corrected chi connectivity index (χ3v) is 4.55. The van der Waals surface area contributed by atoms with Crippen molar-refractivity contribution in [3.05, 3.63) is 47.4 Å². The molecular formula is C18H19NO4. The maximum atomic E-state index is 12.8. The van der Waals surface area contributed by atoms with Crippen LogP contribution in [0.1, 0.15) is 40.6 Å². The molecule has 0 unspecified atom stereocenters. The van der Waals surface area contributed by atoms with Crippen molar-refractivity contribution in [2.24, 2.45) is 0 Å². The molecule has 2 aliphatic heterocycles. The molecule has 0 N–H and O–H groups in total. The standard InChI is InChI=1S/C18H19NO4/c1-12-14(6-8-21-12)18(20)19-7-2-3-15(19)13-4-5-16-17(11-13)23-10-9-22-16/h4-6,8,11,15H,2-3,7,9-10H2,1H3/t15-/m0/s1. The van der Waals surface area contributed by atoms with E-state index >= 15 is 0 Å². The van der Waals surface area contributed by atoms with Gasteiger partial charge in [-0.1, -0.05) is 6.07 Å². The van der Waals surface area contributed by atoms with Gasteiger partial charge in [0.25, 0.3) is 5.91 Å². The minimum atomic E-state index is 0.0358. The molecule has 1 fully saturated rings. The molecule has 0 radical (unpaired) electrons. The van der Waals surface area contributed by atoms with Crippen LogP contribution < -0.4 is 9.47 Å². The molecule has 5 heteroatoms. The summed E-state index contributed by atoms with van der Waals surface area (Å²) in [4.78, 5) is 14.7. The normalized spacial score (nSPS) is 19.9. The fourth-order valence-corrected chi connectivity index (χ4v) is 3.39. The first-order chi connectivity index (χ1) is 11.2. The summed E-state index contributed by atoms with van der Waals surface area (Å²) in [5.74, 6) is 2.26. The van der Waals surface area contributed by atoms with E-state index in [4.69, 9.17) is 13.9 Å². The van der Waals surface area contributed by atoms with Gasteiger partial charge in [-0.3, -0.25) is 4.79 Å². The lowest BCUT2D eigenvalue weighted by Gasteiger charge is -2.26. The van der Waals surface area contributed by atoms with Crippen molar-refractivity contribution in [3.8, 4) is 11.5 Å². The lowest BCUT2D eigenvalue weighted by atomic mass is 10.0. The second kappa shape index (κ2) is 5.65. The first-order valence-electron chi connectivity index (χ1n) is 7.98. The Labute approximate surface area is 134 Å². The second-order valence-electron chi connectivity index (χ2n) is 5.95. The van der Waals surface area contributed by atoms with Crippen LogP contribution in [0.25, 0.3) is 0 Å². The molecule has 23 heavy (non-hydrogen) atoms. The van der Waals surface area contributed by atoms with Crippen LogP contribution in [0.2, 0.25) is 0 Å². The molecule has 1 amide bonds. The van der Waals surface area contributed by atoms with Gasteiger partial charge in [0.1, 0.15) is 19.0 Å². The average molecular weight is 313 g/mol. The number of hydrogen-bond acceptors (Lipinski definition) is 4. The van der Waals surface area contributed by atoms with E-state index in [1.165, 1.54) is 0 Å². The fourth-order valence-electron chi connectivity index (χ4n) is 3.39. The number of ether oxygens (including phenoxy) is 2. The van der Waals surface area contributed by atoms with E-state index in [1.54, 1.807) is 12.3 Å². The van der Waals surface area contributed by atoms with E-state index in [-0.39, 0.29) is 11.9 Å². The lowest BCUT2D eigenvalue weighted by Crippen LogP contribution is -2.30. The molecule has 5 nitrogen and oxygen atoms in total. The highest BCUT2D eigenvalue weighted by molar-refractivity contribution is 5.95. The molecule has 3 heterocycles. The number of hydrogen-bond donors (Lipinski definition) is 0. The zero-order valence-corrected chi connectivity index (χ0v) is 13.1. The van der Waals surface area contributed by atoms with Crippen molar-refractivity contribution >= 4 is 5.91 Å². The first kappa shape index (κ1) is 14.2. The molecule has 1 aromatic carbocycles. The minimum Gasteiger partial charge on any atom is -0.486 e. The Morgan fingerprint density at radius 3 is 2.78 bits per heavy atom. The lowest BCUT2D eigenvalue weighted by molar-refractivity contribution is 0.0733. The largest absolute Gasteiger partial charge is 0.486 e. The van der Waals surface area contributed by atoms with Crippen LogP contribution >= 0.6 is 0 Å². The highest BCUT2D eigenvalue weighted by Gasteiger charge is 2.32. The third-order valence-electron chi connectivity index (χ3n) is 4.55. The molecule has 0 bridgehead atoms. The van der Waals surface area contributed by atoms with Crippen LogP contribution in [0.15, 0.2) is 34.9 Å². The average Bonchev–Trinajstić information content (AvgIpc) is 3.22. The van der Waals surface area contributed by atoms with Crippen LogP contribution in [0.3, 0.4) is 0 Å². The highest BCUT2D eigenvalue weighted by Crippen LogP contribution is 2.38. The highest BCUT2D eigenvalue weighted by atomic mass is 16.6. The topological polar surface area (TPSA) is 51.9 Å². The Hall–Kier alpha value is -2.43. The molecule has 0 spiro atoms. The number of amides is 1. The fraction of sp³-hybridized carbons (Fsp3) is 0.389. The Morgan fingerprint density at radius 1 is 1.17 bits per heavy atom. The van der Waals surface area contributed by atoms with Gasteiger partial charge >= 0.3 is 0 Å². The smallest absolute Gasteiger partial charge is 0.257 e. The summed E-state index contributed by atoms with van der Waals surface area (Å²) in [6.45, 7) is 3.74. The number of carbonyl (C=O) groups excluding carboxylic acids is 1. The molecule has 4 rings (SSSR count). The van der Waals surface area contributed by atoms with Gasteiger partial charge in [-0.15, -0.1) is 0 Å². The number of nitrogens with zero attached hydrogens (tertiary/aromatic N) is 1. The summed E-state index contributed by atoms with van der Waals surface area (Å²) in [5, 5.41) is 0. The van der Waals surface area contributed by atoms with Crippen molar-refractivity contribution in [1.29, 1.82) is 0 Å². The van der Waals surface area contributed by atoms with Crippen LogP contribution in [0.4, 0.5) is 0 Å². The molecule has 0 aliphatic carbocycles. The quantitative estimate of drug-likeness (QED) is 0.853. The van der Waals surface area contributed by atoms with E-state index < -0.39 is 0 Å². The van der Waals surface area contributed by atoms with Gasteiger partial charge in [-0.05, 0) is 43.5 Å². The molecular weight excluding hydrogens is 294 g/mol. The molecule has 1 aromatic heterocycles. The van der Waals surface area contributed by atoms with E-state index in [1.807, 2.05) is 30.0 Å². The van der Waals surface area contributed by atoms with Crippen LogP contribution in [-0.4, -0.2) is 30.6 Å². The monoisotopic (exact) mass is 313 g/mol. The van der Waals surface area contributed by atoms with Gasteiger partial charge in [0.05, 0.1) is 17.9 Å². The van der Waals surface area contributed by atoms with Crippen molar-refractivity contribution in [3.63, 3.8) is 0 Å². The number of carbonyl (C=O) groups is 1. The third kappa shape index (κ3) is 2.46. The summed E-state index contributed by atoms with van der Waals surface area (Å²) >= 11 is 0. The van der Waals surface area contributed by atoms with E-state index in [0.29, 0.717) is 24.5 Å². The number of likely N-dealkylation sites (tertiary alicyclic amines) is 1. The molecule has 120 valence electrons. The van der Waals surface area contributed by atoms with E-state index in [0.717, 1.165) is 36.4 Å². The second-order valence-corrected chi connectivity index (χ2v) is 5.95. The van der Waals surface area contributed by atoms with Crippen LogP contribution in [-0.2, 0) is 0 Å². The summed E-state index contributed by atoms with van der Waals surface area (Å²) in [5.41, 5.74) is 1.75. The predicted octanol–water partition coefficient (Wildman–Crippen LogP) is 3.34. The molecule has 0 saturated carbocycles. The van der Waals surface area contributed by atoms with Crippen molar-refractivity contribution in [2.45, 2.75) is 25.8 Å². The molecule has 2 aliphatic rings. The van der Waals surface area contributed by atoms with Gasteiger partial charge < -0.3 is 18.8 Å². The Bertz CT molecular complexity index is 736. The summed E-state index contributed by atoms with van der Waals surface area (Å²) in [6.07, 6.45) is 3.53. The number of aryl methyl sites for hydroxylation is 1. The molecule has 1 saturated heterocycles. The number of furan rings is 1. The van der Waals surface area contributed by atoms with Crippen molar-refractivity contribution < 1.29 is 18.7 Å². The Balaban J connectivity index is 1.63. The van der Waals surface area contributed by atoms with Crippen LogP contribution in [0.5, 0.6) is 11.5 Å². The number of fused-ring (bicyclic) bond motifs is 1. The maximum Gasteiger partial charge on any atom is 0.257 e. The number of rotatable bonds is 2. The summed E-state index contributed by atoms with van der Waals surface area (Å²) < 4.78 is 16.5. The SMILES string of the molecule is Cc1occc1C(=O)N1CCC[C@H]1c1ccc2c(c1)OCCO2. The van der Waals surface area contributed by atoms with Crippen LogP contribution in [0, 0.1) is 6.92 Å². The summed E-state index contributed by atoms with van der Waals surface area (Å²) in [7, 11) is 0. The van der Waals surface area contributed by atoms with E-state index in [9.17, 15) is 4.79 Å².